The molecule has 0 atom stereocenters. The Bertz CT molecular complexity index is 761. The predicted octanol–water partition coefficient (Wildman–Crippen LogP) is 3.72. The van der Waals surface area contributed by atoms with Gasteiger partial charge in [0.15, 0.2) is 5.96 Å². The molecule has 0 radical (unpaired) electrons. The van der Waals surface area contributed by atoms with Gasteiger partial charge in [-0.25, -0.2) is 0 Å². The van der Waals surface area contributed by atoms with Crippen LogP contribution in [-0.2, 0) is 12.0 Å². The molecule has 0 spiro atoms. The molecule has 2 aromatic rings. The summed E-state index contributed by atoms with van der Waals surface area (Å²) in [5.74, 6) is 2.38. The van der Waals surface area contributed by atoms with E-state index in [1.54, 1.807) is 21.3 Å². The third-order valence-corrected chi connectivity index (χ3v) is 5.00. The number of methoxy groups -OCH3 is 2. The average molecular weight is 481 g/mol. The number of ether oxygens (including phenoxy) is 2. The highest BCUT2D eigenvalue weighted by atomic mass is 127. The first-order valence-corrected chi connectivity index (χ1v) is 8.92. The van der Waals surface area contributed by atoms with Crippen LogP contribution in [0.25, 0.3) is 0 Å². The fraction of sp³-hybridized carbons (Fsp3) is 0.381. The zero-order valence-corrected chi connectivity index (χ0v) is 18.4. The molecule has 2 N–H and O–H groups in total. The maximum Gasteiger partial charge on any atom is 0.191 e. The third-order valence-electron chi connectivity index (χ3n) is 5.00. The minimum atomic E-state index is 0. The normalized spacial score (nSPS) is 14.7. The summed E-state index contributed by atoms with van der Waals surface area (Å²) in [5, 5.41) is 6.84. The number of nitrogens with one attached hydrogen (secondary N) is 2. The fourth-order valence-electron chi connectivity index (χ4n) is 3.16. The second-order valence-corrected chi connectivity index (χ2v) is 6.60. The molecule has 27 heavy (non-hydrogen) atoms. The van der Waals surface area contributed by atoms with E-state index in [1.807, 2.05) is 18.2 Å². The van der Waals surface area contributed by atoms with E-state index in [0.717, 1.165) is 29.6 Å². The molecular formula is C21H28IN3O2. The van der Waals surface area contributed by atoms with Gasteiger partial charge in [-0.15, -0.1) is 24.0 Å². The Morgan fingerprint density at radius 3 is 2.37 bits per heavy atom. The summed E-state index contributed by atoms with van der Waals surface area (Å²) in [7, 11) is 5.11. The smallest absolute Gasteiger partial charge is 0.191 e. The van der Waals surface area contributed by atoms with Gasteiger partial charge in [0, 0.05) is 37.2 Å². The fourth-order valence-corrected chi connectivity index (χ4v) is 3.16. The number of guanidine groups is 1. The van der Waals surface area contributed by atoms with Crippen LogP contribution in [0.3, 0.4) is 0 Å². The first-order chi connectivity index (χ1) is 12.7. The van der Waals surface area contributed by atoms with Gasteiger partial charge in [-0.2, -0.15) is 0 Å². The van der Waals surface area contributed by atoms with Crippen molar-refractivity contribution in [1.29, 1.82) is 0 Å². The summed E-state index contributed by atoms with van der Waals surface area (Å²) in [6, 6.07) is 16.5. The molecule has 0 aliphatic heterocycles. The van der Waals surface area contributed by atoms with Gasteiger partial charge in [-0.3, -0.25) is 4.99 Å². The molecule has 1 aliphatic carbocycles. The van der Waals surface area contributed by atoms with Crippen molar-refractivity contribution in [2.24, 2.45) is 4.99 Å². The van der Waals surface area contributed by atoms with Crippen LogP contribution in [0.15, 0.2) is 53.5 Å². The summed E-state index contributed by atoms with van der Waals surface area (Å²) in [4.78, 5) is 4.35. The van der Waals surface area contributed by atoms with Gasteiger partial charge in [0.25, 0.3) is 0 Å². The lowest BCUT2D eigenvalue weighted by atomic mass is 9.96. The maximum absolute atomic E-state index is 5.46. The molecule has 0 amide bonds. The molecule has 0 unspecified atom stereocenters. The number of halogens is 1. The van der Waals surface area contributed by atoms with Gasteiger partial charge in [0.1, 0.15) is 11.5 Å². The van der Waals surface area contributed by atoms with Gasteiger partial charge in [0.2, 0.25) is 0 Å². The number of aliphatic imine (C=N–C) groups is 1. The van der Waals surface area contributed by atoms with Gasteiger partial charge in [-0.1, -0.05) is 30.3 Å². The second-order valence-electron chi connectivity index (χ2n) is 6.60. The van der Waals surface area contributed by atoms with E-state index in [9.17, 15) is 0 Å². The van der Waals surface area contributed by atoms with Crippen LogP contribution in [-0.4, -0.2) is 33.8 Å². The molecule has 1 aliphatic rings. The van der Waals surface area contributed by atoms with E-state index >= 15 is 0 Å². The van der Waals surface area contributed by atoms with Crippen LogP contribution in [0.1, 0.15) is 24.0 Å². The van der Waals surface area contributed by atoms with E-state index in [-0.39, 0.29) is 29.4 Å². The van der Waals surface area contributed by atoms with Gasteiger partial charge < -0.3 is 20.1 Å². The SMILES string of the molecule is CN=C(NCc1ccc(OC)cc1OC)NCC1(c2ccccc2)CC1.I. The lowest BCUT2D eigenvalue weighted by Gasteiger charge is -2.19. The first kappa shape index (κ1) is 21.3. The monoisotopic (exact) mass is 481 g/mol. The van der Waals surface area contributed by atoms with Crippen LogP contribution in [0.5, 0.6) is 11.5 Å². The summed E-state index contributed by atoms with van der Waals surface area (Å²) in [6.07, 6.45) is 2.43. The number of benzene rings is 2. The Labute approximate surface area is 178 Å². The summed E-state index contributed by atoms with van der Waals surface area (Å²) in [6.45, 7) is 1.52. The van der Waals surface area contributed by atoms with E-state index in [2.05, 4.69) is 46.0 Å². The van der Waals surface area contributed by atoms with Crippen molar-refractivity contribution in [2.75, 3.05) is 27.8 Å². The zero-order chi connectivity index (χ0) is 18.4. The zero-order valence-electron chi connectivity index (χ0n) is 16.1. The van der Waals surface area contributed by atoms with E-state index in [1.165, 1.54) is 18.4 Å². The first-order valence-electron chi connectivity index (χ1n) is 8.92. The predicted molar refractivity (Wildman–Crippen MR) is 121 cm³/mol. The van der Waals surface area contributed by atoms with Crippen LogP contribution in [0.2, 0.25) is 0 Å². The highest BCUT2D eigenvalue weighted by Gasteiger charge is 2.43. The molecule has 0 saturated heterocycles. The molecule has 146 valence electrons. The Morgan fingerprint density at radius 1 is 1.04 bits per heavy atom. The van der Waals surface area contributed by atoms with Gasteiger partial charge in [-0.05, 0) is 30.5 Å². The quantitative estimate of drug-likeness (QED) is 0.360. The highest BCUT2D eigenvalue weighted by Crippen LogP contribution is 2.47. The standard InChI is InChI=1S/C21H27N3O2.HI/c1-22-20(23-14-16-9-10-18(25-2)13-19(16)26-3)24-15-21(11-12-21)17-7-5-4-6-8-17;/h4-10,13H,11-12,14-15H2,1-3H3,(H2,22,23,24);1H. The molecule has 1 saturated carbocycles. The van der Waals surface area contributed by atoms with Crippen molar-refractivity contribution < 1.29 is 9.47 Å². The highest BCUT2D eigenvalue weighted by molar-refractivity contribution is 14.0. The van der Waals surface area contributed by atoms with E-state index in [4.69, 9.17) is 9.47 Å². The molecule has 1 fully saturated rings. The summed E-state index contributed by atoms with van der Waals surface area (Å²) >= 11 is 0. The largest absolute Gasteiger partial charge is 0.497 e. The van der Waals surface area contributed by atoms with Crippen LogP contribution in [0.4, 0.5) is 0 Å². The number of hydrogen-bond donors (Lipinski definition) is 2. The number of nitrogens with zero attached hydrogens (tertiary/aromatic N) is 1. The lowest BCUT2D eigenvalue weighted by Crippen LogP contribution is -2.40. The third kappa shape index (κ3) is 5.28. The van der Waals surface area contributed by atoms with Crippen molar-refractivity contribution in [1.82, 2.24) is 10.6 Å². The van der Waals surface area contributed by atoms with Crippen LogP contribution >= 0.6 is 24.0 Å². The summed E-state index contributed by atoms with van der Waals surface area (Å²) in [5.41, 5.74) is 2.71. The minimum Gasteiger partial charge on any atom is -0.497 e. The molecule has 3 rings (SSSR count). The molecule has 0 bridgehead atoms. The number of hydrogen-bond acceptors (Lipinski definition) is 3. The second kappa shape index (κ2) is 9.82. The number of rotatable bonds is 7. The Kier molecular flexibility index (Phi) is 7.77. The van der Waals surface area contributed by atoms with Crippen molar-refractivity contribution in [2.45, 2.75) is 24.8 Å². The van der Waals surface area contributed by atoms with E-state index in [0.29, 0.717) is 6.54 Å². The molecule has 5 nitrogen and oxygen atoms in total. The molecule has 2 aromatic carbocycles. The minimum absolute atomic E-state index is 0. The van der Waals surface area contributed by atoms with E-state index < -0.39 is 0 Å². The van der Waals surface area contributed by atoms with Gasteiger partial charge >= 0.3 is 0 Å². The Balaban J connectivity index is 0.00000261. The Hall–Kier alpha value is -1.96. The average Bonchev–Trinajstić information content (AvgIpc) is 3.50. The maximum atomic E-state index is 5.46. The van der Waals surface area contributed by atoms with Crippen LogP contribution in [0, 0.1) is 0 Å². The van der Waals surface area contributed by atoms with Crippen molar-refractivity contribution in [3.8, 4) is 11.5 Å². The molecular weight excluding hydrogens is 453 g/mol. The lowest BCUT2D eigenvalue weighted by molar-refractivity contribution is 0.390. The molecule has 6 heteroatoms. The van der Waals surface area contributed by atoms with Crippen molar-refractivity contribution >= 4 is 29.9 Å². The topological polar surface area (TPSA) is 54.9 Å². The molecule has 0 heterocycles. The van der Waals surface area contributed by atoms with Crippen molar-refractivity contribution in [3.63, 3.8) is 0 Å². The van der Waals surface area contributed by atoms with Crippen molar-refractivity contribution in [3.05, 3.63) is 59.7 Å². The molecule has 0 aromatic heterocycles. The summed E-state index contributed by atoms with van der Waals surface area (Å²) < 4.78 is 10.7. The van der Waals surface area contributed by atoms with Crippen LogP contribution < -0.4 is 20.1 Å². The Morgan fingerprint density at radius 2 is 1.78 bits per heavy atom. The van der Waals surface area contributed by atoms with Gasteiger partial charge in [0.05, 0.1) is 14.2 Å².